The van der Waals surface area contributed by atoms with Crippen molar-refractivity contribution in [1.82, 2.24) is 0 Å². The van der Waals surface area contributed by atoms with Gasteiger partial charge in [-0.1, -0.05) is 18.1 Å². The van der Waals surface area contributed by atoms with Crippen molar-refractivity contribution in [2.75, 3.05) is 6.26 Å². The number of Topliss-reactive ketones (excluding diaryl/α,β-unsaturated/α-hetero) is 1. The molecule has 0 aliphatic carbocycles. The van der Waals surface area contributed by atoms with Crippen LogP contribution >= 0.6 is 0 Å². The summed E-state index contributed by atoms with van der Waals surface area (Å²) in [6.45, 7) is 1.65. The number of carbonyl (C=O) groups is 1. The summed E-state index contributed by atoms with van der Waals surface area (Å²) in [4.78, 5) is 11.7. The molecule has 84 valence electrons. The number of sulfone groups is 1. The summed E-state index contributed by atoms with van der Waals surface area (Å²) in [5.41, 5.74) is 0.380. The summed E-state index contributed by atoms with van der Waals surface area (Å²) >= 11 is 0. The third-order valence-corrected chi connectivity index (χ3v) is 3.12. The monoisotopic (exact) mass is 236 g/mol. The lowest BCUT2D eigenvalue weighted by Gasteiger charge is -2.01. The summed E-state index contributed by atoms with van der Waals surface area (Å²) < 4.78 is 22.6. The van der Waals surface area contributed by atoms with E-state index in [9.17, 15) is 13.2 Å². The lowest BCUT2D eigenvalue weighted by Crippen LogP contribution is -2.02. The summed E-state index contributed by atoms with van der Waals surface area (Å²) in [5.74, 6) is 5.11. The Morgan fingerprint density at radius 1 is 1.38 bits per heavy atom. The Labute approximate surface area is 95.4 Å². The molecule has 0 heterocycles. The number of hydrogen-bond donors (Lipinski definition) is 0. The minimum atomic E-state index is -3.27. The van der Waals surface area contributed by atoms with Crippen molar-refractivity contribution in [1.29, 1.82) is 0 Å². The Kier molecular flexibility index (Phi) is 3.86. The van der Waals surface area contributed by atoms with Crippen molar-refractivity contribution in [2.24, 2.45) is 0 Å². The Bertz CT molecular complexity index is 559. The van der Waals surface area contributed by atoms with Gasteiger partial charge in [0.15, 0.2) is 15.6 Å². The highest BCUT2D eigenvalue weighted by Crippen LogP contribution is 2.12. The van der Waals surface area contributed by atoms with E-state index in [2.05, 4.69) is 11.8 Å². The van der Waals surface area contributed by atoms with Gasteiger partial charge in [-0.2, -0.15) is 0 Å². The zero-order valence-electron chi connectivity index (χ0n) is 9.15. The number of carbonyl (C=O) groups excluding carboxylic acids is 1. The average molecular weight is 236 g/mol. The molecule has 0 atom stereocenters. The molecule has 1 aromatic rings. The molecule has 3 nitrogen and oxygen atoms in total. The third-order valence-electron chi connectivity index (χ3n) is 2.01. The first kappa shape index (κ1) is 12.5. The largest absolute Gasteiger partial charge is 0.293 e. The summed E-state index contributed by atoms with van der Waals surface area (Å²) in [5, 5.41) is 0. The summed E-state index contributed by atoms with van der Waals surface area (Å²) in [6.07, 6.45) is 1.23. The molecule has 0 N–H and O–H groups in total. The van der Waals surface area contributed by atoms with Crippen LogP contribution in [0.2, 0.25) is 0 Å². The van der Waals surface area contributed by atoms with Crippen LogP contribution < -0.4 is 0 Å². The Morgan fingerprint density at radius 3 is 2.62 bits per heavy atom. The average Bonchev–Trinajstić information content (AvgIpc) is 2.25. The SMILES string of the molecule is CC#CCC(=O)c1cccc(S(C)(=O)=O)c1. The molecule has 0 amide bonds. The van der Waals surface area contributed by atoms with Gasteiger partial charge in [0.25, 0.3) is 0 Å². The van der Waals surface area contributed by atoms with Gasteiger partial charge in [-0.15, -0.1) is 5.92 Å². The van der Waals surface area contributed by atoms with Gasteiger partial charge in [0.05, 0.1) is 11.3 Å². The maximum absolute atomic E-state index is 11.6. The van der Waals surface area contributed by atoms with Crippen LogP contribution in [0.25, 0.3) is 0 Å². The van der Waals surface area contributed by atoms with Gasteiger partial charge in [0.1, 0.15) is 0 Å². The summed E-state index contributed by atoms with van der Waals surface area (Å²) in [7, 11) is -3.27. The molecular weight excluding hydrogens is 224 g/mol. The standard InChI is InChI=1S/C12H12O3S/c1-3-4-8-12(13)10-6-5-7-11(9-10)16(2,14)15/h5-7,9H,8H2,1-2H3. The lowest BCUT2D eigenvalue weighted by molar-refractivity contribution is 0.0998. The van der Waals surface area contributed by atoms with Gasteiger partial charge < -0.3 is 0 Å². The van der Waals surface area contributed by atoms with E-state index in [4.69, 9.17) is 0 Å². The zero-order valence-corrected chi connectivity index (χ0v) is 9.97. The van der Waals surface area contributed by atoms with Gasteiger partial charge in [0.2, 0.25) is 0 Å². The second-order valence-corrected chi connectivity index (χ2v) is 5.34. The molecule has 0 aliphatic rings. The molecule has 1 aromatic carbocycles. The van der Waals surface area contributed by atoms with Gasteiger partial charge in [-0.25, -0.2) is 8.42 Å². The van der Waals surface area contributed by atoms with Crippen molar-refractivity contribution in [2.45, 2.75) is 18.2 Å². The van der Waals surface area contributed by atoms with E-state index >= 15 is 0 Å². The quantitative estimate of drug-likeness (QED) is 0.592. The van der Waals surface area contributed by atoms with E-state index in [1.807, 2.05) is 0 Å². The second kappa shape index (κ2) is 4.95. The Balaban J connectivity index is 3.07. The highest BCUT2D eigenvalue weighted by atomic mass is 32.2. The molecule has 16 heavy (non-hydrogen) atoms. The topological polar surface area (TPSA) is 51.2 Å². The molecule has 0 aromatic heterocycles. The normalized spacial score (nSPS) is 10.4. The maximum Gasteiger partial charge on any atom is 0.175 e. The fourth-order valence-corrected chi connectivity index (χ4v) is 1.84. The van der Waals surface area contributed by atoms with Crippen LogP contribution in [0, 0.1) is 11.8 Å². The van der Waals surface area contributed by atoms with Crippen molar-refractivity contribution in [3.8, 4) is 11.8 Å². The highest BCUT2D eigenvalue weighted by Gasteiger charge is 2.10. The highest BCUT2D eigenvalue weighted by molar-refractivity contribution is 7.90. The Hall–Kier alpha value is -1.60. The minimum absolute atomic E-state index is 0.115. The van der Waals surface area contributed by atoms with Crippen molar-refractivity contribution in [3.63, 3.8) is 0 Å². The smallest absolute Gasteiger partial charge is 0.175 e. The van der Waals surface area contributed by atoms with Crippen LogP contribution in [0.3, 0.4) is 0 Å². The number of ketones is 1. The molecule has 0 saturated carbocycles. The molecule has 0 saturated heterocycles. The van der Waals surface area contributed by atoms with Crippen LogP contribution in [0.1, 0.15) is 23.7 Å². The molecule has 0 aliphatic heterocycles. The second-order valence-electron chi connectivity index (χ2n) is 3.33. The number of rotatable bonds is 3. The molecule has 0 fully saturated rings. The molecule has 0 unspecified atom stereocenters. The fraction of sp³-hybridized carbons (Fsp3) is 0.250. The van der Waals surface area contributed by atoms with E-state index in [0.29, 0.717) is 5.56 Å². The first-order valence-electron chi connectivity index (χ1n) is 4.68. The molecule has 0 bridgehead atoms. The molecular formula is C12H12O3S. The first-order valence-corrected chi connectivity index (χ1v) is 6.57. The predicted molar refractivity (Wildman–Crippen MR) is 61.9 cm³/mol. The van der Waals surface area contributed by atoms with E-state index in [1.165, 1.54) is 12.1 Å². The number of benzene rings is 1. The van der Waals surface area contributed by atoms with Crippen LogP contribution in [0.15, 0.2) is 29.2 Å². The van der Waals surface area contributed by atoms with E-state index in [1.54, 1.807) is 19.1 Å². The number of hydrogen-bond acceptors (Lipinski definition) is 3. The van der Waals surface area contributed by atoms with Crippen LogP contribution in [0.5, 0.6) is 0 Å². The zero-order chi connectivity index (χ0) is 12.2. The van der Waals surface area contributed by atoms with E-state index in [0.717, 1.165) is 6.26 Å². The molecule has 1 rings (SSSR count). The first-order chi connectivity index (χ1) is 7.45. The third kappa shape index (κ3) is 3.21. The van der Waals surface area contributed by atoms with Crippen molar-refractivity contribution in [3.05, 3.63) is 29.8 Å². The minimum Gasteiger partial charge on any atom is -0.293 e. The fourth-order valence-electron chi connectivity index (χ4n) is 1.17. The predicted octanol–water partition coefficient (Wildman–Crippen LogP) is 1.69. The maximum atomic E-state index is 11.6. The molecule has 4 heteroatoms. The lowest BCUT2D eigenvalue weighted by atomic mass is 10.1. The van der Waals surface area contributed by atoms with Crippen molar-refractivity contribution >= 4 is 15.6 Å². The van der Waals surface area contributed by atoms with Crippen molar-refractivity contribution < 1.29 is 13.2 Å². The molecule has 0 spiro atoms. The summed E-state index contributed by atoms with van der Waals surface area (Å²) in [6, 6.07) is 6.00. The molecule has 0 radical (unpaired) electrons. The van der Waals surface area contributed by atoms with Crippen LogP contribution in [-0.4, -0.2) is 20.5 Å². The van der Waals surface area contributed by atoms with E-state index < -0.39 is 9.84 Å². The van der Waals surface area contributed by atoms with Gasteiger partial charge in [0, 0.05) is 11.8 Å². The van der Waals surface area contributed by atoms with Gasteiger partial charge in [-0.3, -0.25) is 4.79 Å². The van der Waals surface area contributed by atoms with E-state index in [-0.39, 0.29) is 17.1 Å². The van der Waals surface area contributed by atoms with Gasteiger partial charge in [-0.05, 0) is 19.1 Å². The van der Waals surface area contributed by atoms with Gasteiger partial charge >= 0.3 is 0 Å². The van der Waals surface area contributed by atoms with Crippen LogP contribution in [0.4, 0.5) is 0 Å². The Morgan fingerprint density at radius 2 is 2.06 bits per heavy atom. The van der Waals surface area contributed by atoms with Crippen LogP contribution in [-0.2, 0) is 9.84 Å².